The van der Waals surface area contributed by atoms with Crippen molar-refractivity contribution in [1.82, 2.24) is 10.2 Å². The molecule has 1 amide bonds. The number of nitrogens with one attached hydrogen (secondary N) is 1. The molecule has 1 heterocycles. The zero-order valence-electron chi connectivity index (χ0n) is 12.7. The third-order valence-corrected chi connectivity index (χ3v) is 4.51. The minimum Gasteiger partial charge on any atom is -0.494 e. The van der Waals surface area contributed by atoms with Crippen LogP contribution >= 0.6 is 11.3 Å². The smallest absolute Gasteiger partial charge is 0.270 e. The lowest BCUT2D eigenvalue weighted by molar-refractivity contribution is -0.384. The molecule has 0 bridgehead atoms. The molecule has 0 spiro atoms. The van der Waals surface area contributed by atoms with Crippen molar-refractivity contribution < 1.29 is 14.5 Å². The number of rotatable bonds is 5. The standard InChI is InChI=1S/C14H17N3O4S/c1-8(16(2)3)15-14(18)13-12(21-4)10-7-9(17(19)20)5-6-11(10)22-13/h5-8H,1-4H3,(H,15,18). The van der Waals surface area contributed by atoms with Crippen molar-refractivity contribution >= 4 is 33.0 Å². The van der Waals surface area contributed by atoms with Gasteiger partial charge in [0.2, 0.25) is 0 Å². The summed E-state index contributed by atoms with van der Waals surface area (Å²) < 4.78 is 6.08. The maximum atomic E-state index is 12.4. The zero-order valence-corrected chi connectivity index (χ0v) is 13.6. The van der Waals surface area contributed by atoms with Gasteiger partial charge in [0.15, 0.2) is 5.75 Å². The van der Waals surface area contributed by atoms with Crippen LogP contribution in [0.1, 0.15) is 16.6 Å². The number of benzene rings is 1. The highest BCUT2D eigenvalue weighted by Gasteiger charge is 2.22. The second-order valence-electron chi connectivity index (χ2n) is 5.02. The molecule has 7 nitrogen and oxygen atoms in total. The van der Waals surface area contributed by atoms with Crippen molar-refractivity contribution in [2.45, 2.75) is 13.1 Å². The molecule has 1 unspecified atom stereocenters. The molecular formula is C14H17N3O4S. The van der Waals surface area contributed by atoms with E-state index in [4.69, 9.17) is 4.74 Å². The molecule has 1 aromatic carbocycles. The van der Waals surface area contributed by atoms with Crippen molar-refractivity contribution in [3.05, 3.63) is 33.2 Å². The summed E-state index contributed by atoms with van der Waals surface area (Å²) in [6.07, 6.45) is -0.142. The predicted octanol–water partition coefficient (Wildman–Crippen LogP) is 2.46. The molecule has 2 aromatic rings. The van der Waals surface area contributed by atoms with E-state index in [0.717, 1.165) is 4.70 Å². The maximum Gasteiger partial charge on any atom is 0.270 e. The first kappa shape index (κ1) is 16.2. The van der Waals surface area contributed by atoms with Crippen molar-refractivity contribution in [2.24, 2.45) is 0 Å². The van der Waals surface area contributed by atoms with Gasteiger partial charge in [-0.3, -0.25) is 19.8 Å². The van der Waals surface area contributed by atoms with Gasteiger partial charge in [-0.15, -0.1) is 11.3 Å². The summed E-state index contributed by atoms with van der Waals surface area (Å²) in [5, 5.41) is 14.3. The fourth-order valence-electron chi connectivity index (χ4n) is 1.91. The number of fused-ring (bicyclic) bond motifs is 1. The van der Waals surface area contributed by atoms with E-state index < -0.39 is 4.92 Å². The first-order chi connectivity index (χ1) is 10.3. The van der Waals surface area contributed by atoms with Gasteiger partial charge in [0.25, 0.3) is 11.6 Å². The van der Waals surface area contributed by atoms with Crippen molar-refractivity contribution in [1.29, 1.82) is 0 Å². The van der Waals surface area contributed by atoms with E-state index in [1.165, 1.54) is 30.6 Å². The van der Waals surface area contributed by atoms with Crippen LogP contribution in [0.25, 0.3) is 10.1 Å². The summed E-state index contributed by atoms with van der Waals surface area (Å²) in [6, 6.07) is 4.48. The van der Waals surface area contributed by atoms with Crippen LogP contribution in [-0.4, -0.2) is 43.1 Å². The van der Waals surface area contributed by atoms with E-state index in [-0.39, 0.29) is 17.8 Å². The number of carbonyl (C=O) groups is 1. The highest BCUT2D eigenvalue weighted by molar-refractivity contribution is 7.21. The van der Waals surface area contributed by atoms with E-state index in [2.05, 4.69) is 5.32 Å². The average molecular weight is 323 g/mol. The summed E-state index contributed by atoms with van der Waals surface area (Å²) in [5.74, 6) is 0.106. The Balaban J connectivity index is 2.46. The third kappa shape index (κ3) is 3.02. The molecule has 0 aliphatic heterocycles. The molecular weight excluding hydrogens is 306 g/mol. The lowest BCUT2D eigenvalue weighted by Gasteiger charge is -2.20. The Morgan fingerprint density at radius 3 is 2.68 bits per heavy atom. The number of nitro benzene ring substituents is 1. The number of hydrogen-bond acceptors (Lipinski definition) is 6. The number of hydrogen-bond donors (Lipinski definition) is 1. The summed E-state index contributed by atoms with van der Waals surface area (Å²) >= 11 is 1.25. The fourth-order valence-corrected chi connectivity index (χ4v) is 2.97. The van der Waals surface area contributed by atoms with Crippen molar-refractivity contribution in [2.75, 3.05) is 21.2 Å². The van der Waals surface area contributed by atoms with E-state index in [1.807, 2.05) is 25.9 Å². The Morgan fingerprint density at radius 2 is 2.14 bits per heavy atom. The number of carbonyl (C=O) groups excluding carboxylic acids is 1. The Morgan fingerprint density at radius 1 is 1.45 bits per heavy atom. The number of non-ortho nitro benzene ring substituents is 1. The SMILES string of the molecule is COc1c(C(=O)NC(C)N(C)C)sc2ccc([N+](=O)[O-])cc12. The van der Waals surface area contributed by atoms with Crippen LogP contribution in [0.3, 0.4) is 0 Å². The first-order valence-electron chi connectivity index (χ1n) is 6.57. The van der Waals surface area contributed by atoms with Gasteiger partial charge < -0.3 is 10.1 Å². The number of amides is 1. The van der Waals surface area contributed by atoms with E-state index in [1.54, 1.807) is 6.07 Å². The lowest BCUT2D eigenvalue weighted by Crippen LogP contribution is -2.42. The number of nitro groups is 1. The van der Waals surface area contributed by atoms with Gasteiger partial charge in [-0.05, 0) is 27.1 Å². The van der Waals surface area contributed by atoms with Gasteiger partial charge in [0, 0.05) is 22.2 Å². The second-order valence-corrected chi connectivity index (χ2v) is 6.07. The Bertz CT molecular complexity index is 726. The van der Waals surface area contributed by atoms with Gasteiger partial charge in [0.05, 0.1) is 18.2 Å². The molecule has 0 fully saturated rings. The monoisotopic (exact) mass is 323 g/mol. The molecule has 2 rings (SSSR count). The number of methoxy groups -OCH3 is 1. The van der Waals surface area contributed by atoms with Gasteiger partial charge in [-0.2, -0.15) is 0 Å². The summed E-state index contributed by atoms with van der Waals surface area (Å²) in [7, 11) is 5.17. The quantitative estimate of drug-likeness (QED) is 0.519. The lowest BCUT2D eigenvalue weighted by atomic mass is 10.2. The highest BCUT2D eigenvalue weighted by atomic mass is 32.1. The van der Waals surface area contributed by atoms with E-state index in [9.17, 15) is 14.9 Å². The fraction of sp³-hybridized carbons (Fsp3) is 0.357. The number of thiophene rings is 1. The van der Waals surface area contributed by atoms with E-state index >= 15 is 0 Å². The molecule has 1 N–H and O–H groups in total. The summed E-state index contributed by atoms with van der Waals surface area (Å²) in [6.45, 7) is 1.86. The molecule has 118 valence electrons. The normalized spacial score (nSPS) is 12.4. The molecule has 8 heteroatoms. The van der Waals surface area contributed by atoms with Gasteiger partial charge in [-0.1, -0.05) is 0 Å². The second kappa shape index (κ2) is 6.29. The van der Waals surface area contributed by atoms with E-state index in [0.29, 0.717) is 16.0 Å². The topological polar surface area (TPSA) is 84.7 Å². The van der Waals surface area contributed by atoms with Crippen LogP contribution in [0, 0.1) is 10.1 Å². The van der Waals surface area contributed by atoms with Crippen LogP contribution < -0.4 is 10.1 Å². The van der Waals surface area contributed by atoms with Crippen LogP contribution in [-0.2, 0) is 0 Å². The largest absolute Gasteiger partial charge is 0.494 e. The summed E-state index contributed by atoms with van der Waals surface area (Å²) in [4.78, 5) is 25.1. The van der Waals surface area contributed by atoms with Crippen molar-refractivity contribution in [3.8, 4) is 5.75 Å². The van der Waals surface area contributed by atoms with Crippen LogP contribution in [0.2, 0.25) is 0 Å². The molecule has 1 aromatic heterocycles. The third-order valence-electron chi connectivity index (χ3n) is 3.36. The molecule has 0 saturated carbocycles. The maximum absolute atomic E-state index is 12.4. The molecule has 0 aliphatic rings. The summed E-state index contributed by atoms with van der Waals surface area (Å²) in [5.41, 5.74) is -0.0304. The van der Waals surface area contributed by atoms with Crippen LogP contribution in [0.15, 0.2) is 18.2 Å². The number of ether oxygens (including phenoxy) is 1. The molecule has 0 radical (unpaired) electrons. The average Bonchev–Trinajstić information content (AvgIpc) is 2.84. The van der Waals surface area contributed by atoms with Crippen LogP contribution in [0.4, 0.5) is 5.69 Å². The predicted molar refractivity (Wildman–Crippen MR) is 85.6 cm³/mol. The zero-order chi connectivity index (χ0) is 16.4. The Labute approximate surface area is 131 Å². The molecule has 0 aliphatic carbocycles. The van der Waals surface area contributed by atoms with Gasteiger partial charge >= 0.3 is 0 Å². The highest BCUT2D eigenvalue weighted by Crippen LogP contribution is 2.39. The first-order valence-corrected chi connectivity index (χ1v) is 7.39. The van der Waals surface area contributed by atoms with Crippen LogP contribution in [0.5, 0.6) is 5.75 Å². The Hall–Kier alpha value is -2.19. The van der Waals surface area contributed by atoms with Gasteiger partial charge in [0.1, 0.15) is 4.88 Å². The minimum absolute atomic E-state index is 0.0304. The Kier molecular flexibility index (Phi) is 4.62. The number of nitrogens with zero attached hydrogens (tertiary/aromatic N) is 2. The molecule has 22 heavy (non-hydrogen) atoms. The van der Waals surface area contributed by atoms with Crippen molar-refractivity contribution in [3.63, 3.8) is 0 Å². The molecule has 1 atom stereocenters. The molecule has 0 saturated heterocycles. The van der Waals surface area contributed by atoms with Gasteiger partial charge in [-0.25, -0.2) is 0 Å². The minimum atomic E-state index is -0.468.